The van der Waals surface area contributed by atoms with E-state index in [0.717, 1.165) is 17.7 Å². The zero-order valence-corrected chi connectivity index (χ0v) is 30.8. The number of imide groups is 1. The quantitative estimate of drug-likeness (QED) is 0.0874. The van der Waals surface area contributed by atoms with Gasteiger partial charge in [-0.15, -0.1) is 0 Å². The van der Waals surface area contributed by atoms with Crippen molar-refractivity contribution in [1.82, 2.24) is 15.1 Å². The van der Waals surface area contributed by atoms with Gasteiger partial charge in [0.15, 0.2) is 0 Å². The molecule has 0 fully saturated rings. The normalized spacial score (nSPS) is 11.8. The van der Waals surface area contributed by atoms with E-state index in [1.165, 1.54) is 102 Å². The Morgan fingerprint density at radius 1 is 0.721 bits per heavy atom. The molecule has 256 valence electrons. The predicted molar refractivity (Wildman–Crippen MR) is 170 cm³/mol. The summed E-state index contributed by atoms with van der Waals surface area (Å²) in [4.78, 5) is 39.5. The average Bonchev–Trinajstić information content (AvgIpc) is 2.94. The summed E-state index contributed by atoms with van der Waals surface area (Å²) in [5.74, 6) is 0. The van der Waals surface area contributed by atoms with Crippen molar-refractivity contribution in [3.05, 3.63) is 0 Å². The molecule has 43 heavy (non-hydrogen) atoms. The van der Waals surface area contributed by atoms with Crippen molar-refractivity contribution in [2.75, 3.05) is 75.2 Å². The Hall–Kier alpha value is -1.34. The Balaban J connectivity index is 0. The molecule has 1 atom stereocenters. The number of hydrogen-bond donors (Lipinski definition) is 1. The summed E-state index contributed by atoms with van der Waals surface area (Å²) in [6.07, 6.45) is 19.0. The van der Waals surface area contributed by atoms with Gasteiger partial charge in [0.1, 0.15) is 19.3 Å². The maximum atomic E-state index is 12.6. The fourth-order valence-electron chi connectivity index (χ4n) is 4.42. The van der Waals surface area contributed by atoms with Gasteiger partial charge in [-0.3, -0.25) is 0 Å². The minimum Gasteiger partial charge on any atom is -1.00 e. The molecule has 11 heteroatoms. The molecular weight excluding hydrogens is 663 g/mol. The van der Waals surface area contributed by atoms with E-state index in [1.807, 2.05) is 21.1 Å². The standard InChI is InChI=1S/C32H64N4O6.HI/c1-8-9-10-11-12-13-14-15-16-17-18-19-20-21-22-23-24-33-30(37)41-27-29(40-7)28-42-32(39)35(31(38)34(2)3)25-26-36(4,5)6;/h29H,8-28H2,1-7H3;1H. The number of likely N-dealkylation sites (N-methyl/N-ethyl adjacent to an activating group) is 1. The van der Waals surface area contributed by atoms with E-state index in [9.17, 15) is 14.4 Å². The van der Waals surface area contributed by atoms with Gasteiger partial charge in [-0.2, -0.15) is 0 Å². The summed E-state index contributed by atoms with van der Waals surface area (Å²) >= 11 is 0. The number of unbranched alkanes of at least 4 members (excludes halogenated alkanes) is 15. The molecule has 0 rings (SSSR count). The van der Waals surface area contributed by atoms with Gasteiger partial charge in [-0.1, -0.05) is 103 Å². The van der Waals surface area contributed by atoms with Crippen LogP contribution in [0.4, 0.5) is 14.4 Å². The number of methoxy groups -OCH3 is 1. The van der Waals surface area contributed by atoms with Crippen LogP contribution in [0, 0.1) is 0 Å². The molecule has 0 heterocycles. The smallest absolute Gasteiger partial charge is 0.418 e. The number of ether oxygens (including phenoxy) is 3. The van der Waals surface area contributed by atoms with E-state index in [4.69, 9.17) is 14.2 Å². The van der Waals surface area contributed by atoms with Crippen LogP contribution in [-0.2, 0) is 14.2 Å². The lowest BCUT2D eigenvalue weighted by Crippen LogP contribution is -3.00. The molecule has 0 aromatic carbocycles. The largest absolute Gasteiger partial charge is 1.00 e. The molecule has 0 aromatic heterocycles. The van der Waals surface area contributed by atoms with Crippen molar-refractivity contribution in [1.29, 1.82) is 0 Å². The minimum absolute atomic E-state index is 0. The fourth-order valence-corrected chi connectivity index (χ4v) is 4.42. The first-order valence-electron chi connectivity index (χ1n) is 16.4. The van der Waals surface area contributed by atoms with Gasteiger partial charge in [0.05, 0.1) is 34.2 Å². The van der Waals surface area contributed by atoms with Gasteiger partial charge in [-0.05, 0) is 6.42 Å². The number of nitrogens with zero attached hydrogens (tertiary/aromatic N) is 3. The molecule has 4 amide bonds. The van der Waals surface area contributed by atoms with Crippen LogP contribution < -0.4 is 29.3 Å². The molecule has 0 bridgehead atoms. The van der Waals surface area contributed by atoms with E-state index in [2.05, 4.69) is 12.2 Å². The summed E-state index contributed by atoms with van der Waals surface area (Å²) in [7, 11) is 10.6. The first kappa shape index (κ1) is 43.8. The number of carbonyl (C=O) groups is 3. The molecule has 0 saturated carbocycles. The molecule has 0 saturated heterocycles. The highest BCUT2D eigenvalue weighted by Crippen LogP contribution is 2.13. The van der Waals surface area contributed by atoms with Crippen molar-refractivity contribution in [3.63, 3.8) is 0 Å². The third kappa shape index (κ3) is 26.8. The summed E-state index contributed by atoms with van der Waals surface area (Å²) in [5, 5.41) is 2.77. The lowest BCUT2D eigenvalue weighted by atomic mass is 10.0. The highest BCUT2D eigenvalue weighted by atomic mass is 127. The maximum Gasteiger partial charge on any atom is 0.418 e. The zero-order chi connectivity index (χ0) is 31.6. The Morgan fingerprint density at radius 3 is 1.58 bits per heavy atom. The van der Waals surface area contributed by atoms with Crippen LogP contribution in [0.1, 0.15) is 110 Å². The molecule has 0 radical (unpaired) electrons. The summed E-state index contributed by atoms with van der Waals surface area (Å²) < 4.78 is 16.4. The predicted octanol–water partition coefficient (Wildman–Crippen LogP) is 3.82. The molecule has 0 aromatic rings. The van der Waals surface area contributed by atoms with E-state index in [1.54, 1.807) is 14.1 Å². The van der Waals surface area contributed by atoms with Gasteiger partial charge >= 0.3 is 18.2 Å². The second-order valence-corrected chi connectivity index (χ2v) is 12.6. The van der Waals surface area contributed by atoms with Crippen molar-refractivity contribution >= 4 is 18.2 Å². The van der Waals surface area contributed by atoms with Crippen LogP contribution in [-0.4, -0.2) is 114 Å². The number of amides is 4. The van der Waals surface area contributed by atoms with Crippen LogP contribution >= 0.6 is 0 Å². The number of carbonyl (C=O) groups excluding carboxylic acids is 3. The number of quaternary nitrogens is 1. The van der Waals surface area contributed by atoms with Crippen LogP contribution in [0.2, 0.25) is 0 Å². The van der Waals surface area contributed by atoms with Crippen molar-refractivity contribution < 1.29 is 57.1 Å². The van der Waals surface area contributed by atoms with Crippen molar-refractivity contribution in [2.45, 2.75) is 116 Å². The lowest BCUT2D eigenvalue weighted by molar-refractivity contribution is -0.869. The molecule has 0 aliphatic rings. The summed E-state index contributed by atoms with van der Waals surface area (Å²) in [6, 6.07) is -0.452. The van der Waals surface area contributed by atoms with Gasteiger partial charge < -0.3 is 52.9 Å². The third-order valence-electron chi connectivity index (χ3n) is 7.25. The zero-order valence-electron chi connectivity index (χ0n) is 28.6. The second kappa shape index (κ2) is 28.2. The van der Waals surface area contributed by atoms with Crippen molar-refractivity contribution in [2.24, 2.45) is 0 Å². The maximum absolute atomic E-state index is 12.6. The number of alkyl carbamates (subject to hydrolysis) is 1. The summed E-state index contributed by atoms with van der Waals surface area (Å²) in [5.41, 5.74) is 0. The first-order valence-corrected chi connectivity index (χ1v) is 16.4. The topological polar surface area (TPSA) is 97.4 Å². The molecule has 1 unspecified atom stereocenters. The monoisotopic (exact) mass is 728 g/mol. The number of halogens is 1. The van der Waals surface area contributed by atoms with Crippen LogP contribution in [0.3, 0.4) is 0 Å². The number of hydrogen-bond acceptors (Lipinski definition) is 6. The molecule has 1 N–H and O–H groups in total. The van der Waals surface area contributed by atoms with E-state index < -0.39 is 24.3 Å². The second-order valence-electron chi connectivity index (χ2n) is 12.6. The summed E-state index contributed by atoms with van der Waals surface area (Å²) in [6.45, 7) is 3.43. The van der Waals surface area contributed by atoms with E-state index in [-0.39, 0.29) is 43.7 Å². The van der Waals surface area contributed by atoms with Gasteiger partial charge in [0.25, 0.3) is 0 Å². The number of rotatable bonds is 25. The lowest BCUT2D eigenvalue weighted by Gasteiger charge is -2.29. The Morgan fingerprint density at radius 2 is 1.16 bits per heavy atom. The van der Waals surface area contributed by atoms with Gasteiger partial charge in [-0.25, -0.2) is 19.3 Å². The number of nitrogens with one attached hydrogen (secondary N) is 1. The van der Waals surface area contributed by atoms with E-state index in [0.29, 0.717) is 17.6 Å². The van der Waals surface area contributed by atoms with Crippen LogP contribution in [0.5, 0.6) is 0 Å². The minimum atomic E-state index is -0.753. The van der Waals surface area contributed by atoms with Gasteiger partial charge in [0.2, 0.25) is 0 Å². The molecular formula is C32H65IN4O6. The highest BCUT2D eigenvalue weighted by molar-refractivity contribution is 5.90. The van der Waals surface area contributed by atoms with E-state index >= 15 is 0 Å². The van der Waals surface area contributed by atoms with Crippen LogP contribution in [0.15, 0.2) is 0 Å². The molecule has 0 spiro atoms. The SMILES string of the molecule is CCCCCCCCCCCCCCCCCCNC(=O)OCC(COC(=O)N(CC[N+](C)(C)C)C(=O)N(C)C)OC.[I-]. The Labute approximate surface area is 280 Å². The number of urea groups is 1. The Kier molecular flexibility index (Phi) is 28.7. The first-order chi connectivity index (χ1) is 20.0. The third-order valence-corrected chi connectivity index (χ3v) is 7.25. The van der Waals surface area contributed by atoms with Crippen LogP contribution in [0.25, 0.3) is 0 Å². The van der Waals surface area contributed by atoms with Gasteiger partial charge in [0, 0.05) is 27.7 Å². The molecule has 0 aliphatic heterocycles. The fraction of sp³-hybridized carbons (Fsp3) is 0.906. The molecule has 0 aliphatic carbocycles. The highest BCUT2D eigenvalue weighted by Gasteiger charge is 2.27. The molecule has 10 nitrogen and oxygen atoms in total. The Bertz CT molecular complexity index is 706. The average molecular weight is 729 g/mol. The van der Waals surface area contributed by atoms with Crippen molar-refractivity contribution in [3.8, 4) is 0 Å².